The molecule has 0 amide bonds. The number of rotatable bonds is 3. The molecule has 56 valence electrons. The van der Waals surface area contributed by atoms with Crippen molar-refractivity contribution in [3.8, 4) is 0 Å². The largest absolute Gasteiger partial charge is 1.00 e. The second-order valence-corrected chi connectivity index (χ2v) is 1.85. The second kappa shape index (κ2) is 6.05. The summed E-state index contributed by atoms with van der Waals surface area (Å²) in [5.41, 5.74) is 0.688. The van der Waals surface area contributed by atoms with Crippen molar-refractivity contribution < 1.29 is 22.9 Å². The normalized spacial score (nSPS) is 11.9. The number of nitrogens with two attached hydrogens (primary N) is 1. The summed E-state index contributed by atoms with van der Waals surface area (Å²) in [4.78, 5) is 0. The van der Waals surface area contributed by atoms with E-state index in [-0.39, 0.29) is 18.5 Å². The molecule has 2 nitrogen and oxygen atoms in total. The van der Waals surface area contributed by atoms with E-state index in [4.69, 9.17) is 10.5 Å². The SMILES string of the molecule is CCC(=[NH2+])[C@H](O)CC.[Cl-]. The molecule has 0 aliphatic rings. The smallest absolute Gasteiger partial charge is 0.177 e. The molecule has 3 N–H and O–H groups in total. The van der Waals surface area contributed by atoms with E-state index < -0.39 is 0 Å². The van der Waals surface area contributed by atoms with Gasteiger partial charge in [0, 0.05) is 6.42 Å². The van der Waals surface area contributed by atoms with Crippen molar-refractivity contribution in [1.29, 1.82) is 0 Å². The molecule has 0 rings (SSSR count). The summed E-state index contributed by atoms with van der Waals surface area (Å²) < 4.78 is 0. The van der Waals surface area contributed by atoms with Crippen LogP contribution in [0.15, 0.2) is 0 Å². The Kier molecular flexibility index (Phi) is 7.85. The Morgan fingerprint density at radius 1 is 1.56 bits per heavy atom. The highest BCUT2D eigenvalue weighted by Gasteiger charge is 2.09. The van der Waals surface area contributed by atoms with Crippen LogP contribution in [0, 0.1) is 0 Å². The third-order valence-electron chi connectivity index (χ3n) is 1.22. The van der Waals surface area contributed by atoms with Crippen LogP contribution in [0.5, 0.6) is 0 Å². The molecule has 9 heavy (non-hydrogen) atoms. The van der Waals surface area contributed by atoms with Crippen LogP contribution in [0.2, 0.25) is 0 Å². The summed E-state index contributed by atoms with van der Waals surface area (Å²) in [6.07, 6.45) is 1.11. The van der Waals surface area contributed by atoms with Gasteiger partial charge in [0.15, 0.2) is 5.71 Å². The average Bonchev–Trinajstić information content (AvgIpc) is 1.84. The van der Waals surface area contributed by atoms with Crippen LogP contribution < -0.4 is 17.8 Å². The van der Waals surface area contributed by atoms with Gasteiger partial charge in [0.05, 0.1) is 0 Å². The summed E-state index contributed by atoms with van der Waals surface area (Å²) in [7, 11) is 0. The highest BCUT2D eigenvalue weighted by atomic mass is 35.5. The van der Waals surface area contributed by atoms with E-state index in [1.54, 1.807) is 0 Å². The van der Waals surface area contributed by atoms with Crippen molar-refractivity contribution in [2.24, 2.45) is 0 Å². The number of aliphatic hydroxyl groups excluding tert-OH is 1. The predicted octanol–water partition coefficient (Wildman–Crippen LogP) is -3.63. The monoisotopic (exact) mass is 151 g/mol. The second-order valence-electron chi connectivity index (χ2n) is 1.85. The van der Waals surface area contributed by atoms with Crippen molar-refractivity contribution in [2.45, 2.75) is 32.8 Å². The molecular weight excluding hydrogens is 138 g/mol. The van der Waals surface area contributed by atoms with E-state index in [9.17, 15) is 0 Å². The van der Waals surface area contributed by atoms with Crippen LogP contribution in [-0.4, -0.2) is 16.9 Å². The van der Waals surface area contributed by atoms with Gasteiger partial charge < -0.3 is 17.5 Å². The minimum absolute atomic E-state index is 0. The Morgan fingerprint density at radius 2 is 2.00 bits per heavy atom. The maximum atomic E-state index is 8.96. The number of hydrogen-bond donors (Lipinski definition) is 2. The van der Waals surface area contributed by atoms with Crippen molar-refractivity contribution in [3.63, 3.8) is 0 Å². The molecule has 0 aromatic carbocycles. The molecule has 0 radical (unpaired) electrons. The van der Waals surface area contributed by atoms with Gasteiger partial charge in [-0.1, -0.05) is 13.8 Å². The van der Waals surface area contributed by atoms with Gasteiger partial charge in [0.25, 0.3) is 0 Å². The average molecular weight is 152 g/mol. The Bertz CT molecular complexity index is 85.1. The lowest BCUT2D eigenvalue weighted by molar-refractivity contribution is -0.126. The summed E-state index contributed by atoms with van der Waals surface area (Å²) >= 11 is 0. The van der Waals surface area contributed by atoms with E-state index in [1.165, 1.54) is 0 Å². The fraction of sp³-hybridized carbons (Fsp3) is 0.833. The lowest BCUT2D eigenvalue weighted by Crippen LogP contribution is -3.00. The van der Waals surface area contributed by atoms with Crippen molar-refractivity contribution in [1.82, 2.24) is 0 Å². The first-order valence-corrected chi connectivity index (χ1v) is 3.01. The molecule has 0 saturated heterocycles. The minimum Gasteiger partial charge on any atom is -1.00 e. The van der Waals surface area contributed by atoms with Gasteiger partial charge in [0.1, 0.15) is 6.10 Å². The third kappa shape index (κ3) is 4.43. The van der Waals surface area contributed by atoms with Gasteiger partial charge in [-0.05, 0) is 6.42 Å². The number of hydrogen-bond acceptors (Lipinski definition) is 1. The molecule has 0 spiro atoms. The first-order valence-electron chi connectivity index (χ1n) is 3.01. The lowest BCUT2D eigenvalue weighted by Gasteiger charge is -1.99. The zero-order valence-corrected chi connectivity index (χ0v) is 6.65. The minimum atomic E-state index is -0.389. The third-order valence-corrected chi connectivity index (χ3v) is 1.22. The molecular formula is C6H14ClNO. The highest BCUT2D eigenvalue weighted by Crippen LogP contribution is 1.91. The van der Waals surface area contributed by atoms with Crippen LogP contribution in [0.25, 0.3) is 0 Å². The van der Waals surface area contributed by atoms with Gasteiger partial charge in [-0.15, -0.1) is 0 Å². The zero-order chi connectivity index (χ0) is 6.57. The van der Waals surface area contributed by atoms with Gasteiger partial charge in [0.2, 0.25) is 0 Å². The van der Waals surface area contributed by atoms with Gasteiger partial charge >= 0.3 is 0 Å². The van der Waals surface area contributed by atoms with Crippen molar-refractivity contribution in [2.75, 3.05) is 0 Å². The number of aliphatic hydroxyl groups is 1. The topological polar surface area (TPSA) is 45.8 Å². The Labute approximate surface area is 62.2 Å². The Balaban J connectivity index is 0. The van der Waals surface area contributed by atoms with Crippen LogP contribution in [-0.2, 0) is 0 Å². The maximum Gasteiger partial charge on any atom is 0.177 e. The van der Waals surface area contributed by atoms with Crippen LogP contribution in [0.4, 0.5) is 0 Å². The summed E-state index contributed by atoms with van der Waals surface area (Å²) in [5, 5.41) is 14.4. The molecule has 0 fully saturated rings. The predicted molar refractivity (Wildman–Crippen MR) is 33.5 cm³/mol. The summed E-state index contributed by atoms with van der Waals surface area (Å²) in [6, 6.07) is 0. The van der Waals surface area contributed by atoms with Crippen molar-refractivity contribution in [3.05, 3.63) is 0 Å². The standard InChI is InChI=1S/C6H13NO.ClH/c1-3-5(7)6(8)4-2;/h6-8H,3-4H2,1-2H3;1H/t6-;/m1./s1. The van der Waals surface area contributed by atoms with Crippen LogP contribution in [0.3, 0.4) is 0 Å². The number of halogens is 1. The molecule has 0 bridgehead atoms. The summed E-state index contributed by atoms with van der Waals surface area (Å²) in [6.45, 7) is 3.85. The molecule has 0 aromatic rings. The zero-order valence-electron chi connectivity index (χ0n) is 5.89. The highest BCUT2D eigenvalue weighted by molar-refractivity contribution is 5.82. The molecule has 0 aliphatic carbocycles. The molecule has 0 saturated carbocycles. The maximum absolute atomic E-state index is 8.96. The van der Waals surface area contributed by atoms with E-state index in [1.807, 2.05) is 13.8 Å². The molecule has 1 atom stereocenters. The first-order chi connectivity index (χ1) is 3.72. The van der Waals surface area contributed by atoms with E-state index in [2.05, 4.69) is 0 Å². The molecule has 0 unspecified atom stereocenters. The van der Waals surface area contributed by atoms with Crippen molar-refractivity contribution >= 4 is 5.71 Å². The quantitative estimate of drug-likeness (QED) is 0.402. The molecule has 0 heterocycles. The lowest BCUT2D eigenvalue weighted by atomic mass is 10.1. The molecule has 3 heteroatoms. The van der Waals surface area contributed by atoms with E-state index in [0.717, 1.165) is 12.8 Å². The van der Waals surface area contributed by atoms with Gasteiger partial charge in [-0.25, -0.2) is 0 Å². The molecule has 0 aliphatic heterocycles. The first kappa shape index (κ1) is 11.7. The Morgan fingerprint density at radius 3 is 2.11 bits per heavy atom. The van der Waals surface area contributed by atoms with Crippen LogP contribution >= 0.6 is 0 Å². The van der Waals surface area contributed by atoms with Gasteiger partial charge in [-0.3, -0.25) is 5.41 Å². The van der Waals surface area contributed by atoms with Crippen LogP contribution in [0.1, 0.15) is 26.7 Å². The Hall–Kier alpha value is -0.0800. The van der Waals surface area contributed by atoms with E-state index >= 15 is 0 Å². The van der Waals surface area contributed by atoms with Gasteiger partial charge in [-0.2, -0.15) is 0 Å². The molecule has 0 aromatic heterocycles. The fourth-order valence-corrected chi connectivity index (χ4v) is 0.498. The fourth-order valence-electron chi connectivity index (χ4n) is 0.498. The summed E-state index contributed by atoms with van der Waals surface area (Å²) in [5.74, 6) is 0. The van der Waals surface area contributed by atoms with E-state index in [0.29, 0.717) is 5.71 Å².